The van der Waals surface area contributed by atoms with E-state index in [1.54, 1.807) is 29.2 Å². The second-order valence-electron chi connectivity index (χ2n) is 6.51. The van der Waals surface area contributed by atoms with Crippen LogP contribution in [0.5, 0.6) is 0 Å². The minimum Gasteiger partial charge on any atom is -0.352 e. The van der Waals surface area contributed by atoms with E-state index in [9.17, 15) is 14.4 Å². The number of benzene rings is 1. The molecule has 1 fully saturated rings. The number of carbonyl (C=O) groups is 3. The molecule has 1 aliphatic rings. The summed E-state index contributed by atoms with van der Waals surface area (Å²) in [5.74, 6) is -0.538. The van der Waals surface area contributed by atoms with Gasteiger partial charge in [-0.3, -0.25) is 14.4 Å². The molecule has 1 aromatic rings. The number of amides is 3. The van der Waals surface area contributed by atoms with Gasteiger partial charge in [0.05, 0.1) is 6.54 Å². The highest BCUT2D eigenvalue weighted by atomic mass is 35.5. The van der Waals surface area contributed by atoms with Gasteiger partial charge in [-0.25, -0.2) is 0 Å². The van der Waals surface area contributed by atoms with Gasteiger partial charge in [-0.2, -0.15) is 0 Å². The molecular weight excluding hydrogens is 342 g/mol. The van der Waals surface area contributed by atoms with Gasteiger partial charge in [-0.05, 0) is 51.0 Å². The lowest BCUT2D eigenvalue weighted by Gasteiger charge is -2.31. The molecule has 0 unspecified atom stereocenters. The fraction of sp³-hybridized carbons (Fsp3) is 0.500. The average molecular weight is 366 g/mol. The van der Waals surface area contributed by atoms with E-state index in [1.807, 2.05) is 13.8 Å². The van der Waals surface area contributed by atoms with E-state index in [4.69, 9.17) is 11.6 Å². The van der Waals surface area contributed by atoms with E-state index in [0.29, 0.717) is 36.5 Å². The normalized spacial score (nSPS) is 15.1. The number of nitrogens with one attached hydrogen (secondary N) is 2. The molecule has 1 aliphatic heterocycles. The van der Waals surface area contributed by atoms with Gasteiger partial charge in [0, 0.05) is 35.6 Å². The van der Waals surface area contributed by atoms with Crippen molar-refractivity contribution in [3.05, 3.63) is 34.9 Å². The van der Waals surface area contributed by atoms with Crippen LogP contribution in [0.2, 0.25) is 5.02 Å². The molecule has 0 atom stereocenters. The maximum atomic E-state index is 12.4. The summed E-state index contributed by atoms with van der Waals surface area (Å²) in [5.41, 5.74) is 0.595. The highest BCUT2D eigenvalue weighted by molar-refractivity contribution is 6.30. The van der Waals surface area contributed by atoms with Crippen molar-refractivity contribution in [1.29, 1.82) is 0 Å². The number of carbonyl (C=O) groups excluding carboxylic acids is 3. The van der Waals surface area contributed by atoms with Crippen LogP contribution in [0.15, 0.2) is 24.3 Å². The van der Waals surface area contributed by atoms with Gasteiger partial charge in [0.1, 0.15) is 0 Å². The minimum atomic E-state index is -0.196. The molecule has 2 rings (SSSR count). The Kier molecular flexibility index (Phi) is 6.82. The predicted molar refractivity (Wildman–Crippen MR) is 96.4 cm³/mol. The van der Waals surface area contributed by atoms with Gasteiger partial charge in [-0.15, -0.1) is 0 Å². The molecule has 1 aromatic carbocycles. The maximum absolute atomic E-state index is 12.4. The smallest absolute Gasteiger partial charge is 0.253 e. The topological polar surface area (TPSA) is 78.5 Å². The number of hydrogen-bond acceptors (Lipinski definition) is 3. The van der Waals surface area contributed by atoms with Gasteiger partial charge in [-0.1, -0.05) is 11.6 Å². The Labute approximate surface area is 152 Å². The number of rotatable bonds is 5. The van der Waals surface area contributed by atoms with Crippen molar-refractivity contribution in [1.82, 2.24) is 15.5 Å². The second kappa shape index (κ2) is 8.85. The van der Waals surface area contributed by atoms with Crippen LogP contribution >= 0.6 is 11.6 Å². The van der Waals surface area contributed by atoms with Crippen molar-refractivity contribution in [2.24, 2.45) is 5.92 Å². The number of nitrogens with zero attached hydrogens (tertiary/aromatic N) is 1. The van der Waals surface area contributed by atoms with Crippen molar-refractivity contribution in [2.45, 2.75) is 32.7 Å². The summed E-state index contributed by atoms with van der Waals surface area (Å²) in [7, 11) is 0. The number of likely N-dealkylation sites (tertiary alicyclic amines) is 1. The van der Waals surface area contributed by atoms with E-state index in [0.717, 1.165) is 0 Å². The van der Waals surface area contributed by atoms with E-state index in [1.165, 1.54) is 0 Å². The molecule has 7 heteroatoms. The molecule has 136 valence electrons. The highest BCUT2D eigenvalue weighted by Gasteiger charge is 2.27. The maximum Gasteiger partial charge on any atom is 0.253 e. The van der Waals surface area contributed by atoms with Gasteiger partial charge in [0.15, 0.2) is 0 Å². The molecule has 0 aromatic heterocycles. The van der Waals surface area contributed by atoms with Crippen molar-refractivity contribution in [3.63, 3.8) is 0 Å². The van der Waals surface area contributed by atoms with Crippen LogP contribution < -0.4 is 10.6 Å². The summed E-state index contributed by atoms with van der Waals surface area (Å²) in [6.07, 6.45) is 1.19. The largest absolute Gasteiger partial charge is 0.352 e. The SMILES string of the molecule is CC(C)NC(=O)CNC(=O)C1CCN(C(=O)c2ccc(Cl)cc2)CC1. The molecule has 25 heavy (non-hydrogen) atoms. The lowest BCUT2D eigenvalue weighted by molar-refractivity contribution is -0.129. The minimum absolute atomic E-state index is 0.0130. The first kappa shape index (κ1) is 19.2. The molecule has 2 N–H and O–H groups in total. The molecule has 0 saturated carbocycles. The molecule has 1 saturated heterocycles. The van der Waals surface area contributed by atoms with Crippen LogP contribution in [0.25, 0.3) is 0 Å². The Morgan fingerprint density at radius 3 is 2.32 bits per heavy atom. The molecule has 1 heterocycles. The van der Waals surface area contributed by atoms with E-state index >= 15 is 0 Å². The Morgan fingerprint density at radius 2 is 1.76 bits per heavy atom. The number of hydrogen-bond donors (Lipinski definition) is 2. The Hall–Kier alpha value is -2.08. The molecule has 0 spiro atoms. The average Bonchev–Trinajstić information content (AvgIpc) is 2.59. The second-order valence-corrected chi connectivity index (χ2v) is 6.95. The highest BCUT2D eigenvalue weighted by Crippen LogP contribution is 2.20. The first-order chi connectivity index (χ1) is 11.9. The van der Waals surface area contributed by atoms with Crippen molar-refractivity contribution >= 4 is 29.3 Å². The Morgan fingerprint density at radius 1 is 1.16 bits per heavy atom. The van der Waals surface area contributed by atoms with Crippen LogP contribution in [0.3, 0.4) is 0 Å². The van der Waals surface area contributed by atoms with Gasteiger partial charge in [0.2, 0.25) is 11.8 Å². The molecule has 0 aliphatic carbocycles. The van der Waals surface area contributed by atoms with Gasteiger partial charge in [0.25, 0.3) is 5.91 Å². The zero-order valence-corrected chi connectivity index (χ0v) is 15.3. The summed E-state index contributed by atoms with van der Waals surface area (Å²) in [4.78, 5) is 37.9. The fourth-order valence-electron chi connectivity index (χ4n) is 2.80. The molecule has 6 nitrogen and oxygen atoms in total. The summed E-state index contributed by atoms with van der Waals surface area (Å²) in [6, 6.07) is 6.84. The zero-order chi connectivity index (χ0) is 18.4. The van der Waals surface area contributed by atoms with Crippen LogP contribution in [0, 0.1) is 5.92 Å². The van der Waals surface area contributed by atoms with Crippen LogP contribution in [-0.2, 0) is 9.59 Å². The summed E-state index contributed by atoms with van der Waals surface area (Å²) in [6.45, 7) is 4.77. The Bertz CT molecular complexity index is 623. The van der Waals surface area contributed by atoms with Crippen LogP contribution in [-0.4, -0.2) is 48.3 Å². The third-order valence-corrected chi connectivity index (χ3v) is 4.37. The first-order valence-corrected chi connectivity index (χ1v) is 8.86. The van der Waals surface area contributed by atoms with Crippen molar-refractivity contribution in [2.75, 3.05) is 19.6 Å². The quantitative estimate of drug-likeness (QED) is 0.835. The van der Waals surface area contributed by atoms with Gasteiger partial charge < -0.3 is 15.5 Å². The van der Waals surface area contributed by atoms with Crippen molar-refractivity contribution in [3.8, 4) is 0 Å². The molecule has 0 radical (unpaired) electrons. The molecule has 3 amide bonds. The standard InChI is InChI=1S/C18H24ClN3O3/c1-12(2)21-16(23)11-20-17(24)13-7-9-22(10-8-13)18(25)14-3-5-15(19)6-4-14/h3-6,12-13H,7-11H2,1-2H3,(H,20,24)(H,21,23). The third kappa shape index (κ3) is 5.74. The lowest BCUT2D eigenvalue weighted by atomic mass is 9.95. The lowest BCUT2D eigenvalue weighted by Crippen LogP contribution is -2.45. The number of halogens is 1. The number of piperidine rings is 1. The molecular formula is C18H24ClN3O3. The summed E-state index contributed by atoms with van der Waals surface area (Å²) in [5, 5.41) is 5.99. The van der Waals surface area contributed by atoms with Crippen LogP contribution in [0.4, 0.5) is 0 Å². The Balaban J connectivity index is 1.78. The summed E-state index contributed by atoms with van der Waals surface area (Å²) < 4.78 is 0. The van der Waals surface area contributed by atoms with E-state index < -0.39 is 0 Å². The fourth-order valence-corrected chi connectivity index (χ4v) is 2.93. The van der Waals surface area contributed by atoms with Crippen molar-refractivity contribution < 1.29 is 14.4 Å². The zero-order valence-electron chi connectivity index (χ0n) is 14.5. The van der Waals surface area contributed by atoms with Gasteiger partial charge >= 0.3 is 0 Å². The molecule has 0 bridgehead atoms. The van der Waals surface area contributed by atoms with E-state index in [2.05, 4.69) is 10.6 Å². The van der Waals surface area contributed by atoms with Crippen LogP contribution in [0.1, 0.15) is 37.0 Å². The monoisotopic (exact) mass is 365 g/mol. The first-order valence-electron chi connectivity index (χ1n) is 8.48. The summed E-state index contributed by atoms with van der Waals surface area (Å²) >= 11 is 5.84. The predicted octanol–water partition coefficient (Wildman–Crippen LogP) is 1.83. The third-order valence-electron chi connectivity index (χ3n) is 4.12. The van der Waals surface area contributed by atoms with E-state index in [-0.39, 0.29) is 36.2 Å².